The lowest BCUT2D eigenvalue weighted by Gasteiger charge is -2.11. The maximum absolute atomic E-state index is 11.0. The van der Waals surface area contributed by atoms with Gasteiger partial charge in [-0.05, 0) is 35.7 Å². The van der Waals surface area contributed by atoms with Gasteiger partial charge in [0, 0.05) is 4.70 Å². The number of nitrogens with zero attached hydrogens (tertiary/aromatic N) is 1. The maximum Gasteiger partial charge on any atom is 0.335 e. The predicted octanol–water partition coefficient (Wildman–Crippen LogP) is 3.91. The zero-order chi connectivity index (χ0) is 15.8. The van der Waals surface area contributed by atoms with Gasteiger partial charge in [0.05, 0.1) is 16.1 Å². The van der Waals surface area contributed by atoms with Crippen molar-refractivity contribution in [3.63, 3.8) is 0 Å². The number of hydrogen-bond acceptors (Lipinski definition) is 6. The summed E-state index contributed by atoms with van der Waals surface area (Å²) in [6, 6.07) is 16.2. The summed E-state index contributed by atoms with van der Waals surface area (Å²) in [4.78, 5) is 27.8. The molecule has 7 heteroatoms. The van der Waals surface area contributed by atoms with Gasteiger partial charge in [0.15, 0.2) is 0 Å². The van der Waals surface area contributed by atoms with Crippen LogP contribution in [0.4, 0.5) is 5.69 Å². The Morgan fingerprint density at radius 3 is 2.83 bits per heavy atom. The average molecular weight is 329 g/mol. The van der Waals surface area contributed by atoms with E-state index in [0.717, 1.165) is 20.2 Å². The van der Waals surface area contributed by atoms with Gasteiger partial charge in [0.25, 0.3) is 6.29 Å². The van der Waals surface area contributed by atoms with Gasteiger partial charge in [-0.25, -0.2) is 9.63 Å². The molecule has 4 rings (SSSR count). The Kier molecular flexibility index (Phi) is 3.47. The Morgan fingerprint density at radius 2 is 2.00 bits per heavy atom. The van der Waals surface area contributed by atoms with Crippen molar-refractivity contribution in [2.24, 2.45) is 0 Å². The third-order valence-corrected chi connectivity index (χ3v) is 4.51. The maximum atomic E-state index is 11.0. The van der Waals surface area contributed by atoms with Crippen LogP contribution in [0, 0.1) is 0 Å². The molecule has 2 aromatic carbocycles. The van der Waals surface area contributed by atoms with E-state index in [9.17, 15) is 4.79 Å². The van der Waals surface area contributed by atoms with Crippen LogP contribution in [0.2, 0.25) is 0 Å². The lowest BCUT2D eigenvalue weighted by atomic mass is 10.2. The first-order valence-corrected chi connectivity index (χ1v) is 7.64. The Hall–Kier alpha value is -2.45. The molecule has 3 aromatic rings. The summed E-state index contributed by atoms with van der Waals surface area (Å²) in [5.74, 6) is -1.02. The highest BCUT2D eigenvalue weighted by molar-refractivity contribution is 7.19. The van der Waals surface area contributed by atoms with Crippen molar-refractivity contribution in [3.8, 4) is 0 Å². The molecule has 1 fully saturated rings. The molecule has 0 saturated carbocycles. The second kappa shape index (κ2) is 5.64. The van der Waals surface area contributed by atoms with Gasteiger partial charge in [-0.3, -0.25) is 0 Å². The molecule has 0 amide bonds. The fraction of sp³-hybridized carbons (Fsp3) is 0.0625. The first kappa shape index (κ1) is 14.2. The number of aromatic carboxylic acids is 1. The van der Waals surface area contributed by atoms with Gasteiger partial charge in [-0.2, -0.15) is 4.89 Å². The molecule has 1 aliphatic heterocycles. The molecular formula is C16H11NO5S. The van der Waals surface area contributed by atoms with E-state index in [1.54, 1.807) is 23.5 Å². The molecule has 1 saturated heterocycles. The van der Waals surface area contributed by atoms with E-state index in [1.165, 1.54) is 12.1 Å². The summed E-state index contributed by atoms with van der Waals surface area (Å²) < 4.78 is 1.13. The van der Waals surface area contributed by atoms with Crippen LogP contribution in [-0.4, -0.2) is 11.1 Å². The van der Waals surface area contributed by atoms with Gasteiger partial charge < -0.3 is 5.11 Å². The highest BCUT2D eigenvalue weighted by Gasteiger charge is 2.30. The first-order chi connectivity index (χ1) is 11.2. The summed E-state index contributed by atoms with van der Waals surface area (Å²) in [6.45, 7) is 0. The second-order valence-corrected chi connectivity index (χ2v) is 6.02. The lowest BCUT2D eigenvalue weighted by molar-refractivity contribution is -0.285. The van der Waals surface area contributed by atoms with Gasteiger partial charge in [0.1, 0.15) is 0 Å². The van der Waals surface area contributed by atoms with Crippen LogP contribution in [-0.2, 0) is 14.7 Å². The molecule has 116 valence electrons. The summed E-state index contributed by atoms with van der Waals surface area (Å²) >= 11 is 1.55. The molecule has 2 heterocycles. The molecule has 0 spiro atoms. The standard InChI is InChI=1S/C16H11NO5S/c18-15(19)11-5-3-6-12(8-11)17-20-16(21-22-17)14-9-10-4-1-2-7-13(10)23-14/h1-9,16H,(H,18,19). The number of carboxylic acid groups (broad SMARTS) is 1. The minimum atomic E-state index is -1.02. The number of carboxylic acids is 1. The van der Waals surface area contributed by atoms with Crippen LogP contribution in [0.5, 0.6) is 0 Å². The van der Waals surface area contributed by atoms with Crippen molar-refractivity contribution in [2.45, 2.75) is 6.29 Å². The zero-order valence-corrected chi connectivity index (χ0v) is 12.5. The molecule has 1 unspecified atom stereocenters. The highest BCUT2D eigenvalue weighted by atomic mass is 32.1. The Bertz CT molecular complexity index is 845. The third-order valence-electron chi connectivity index (χ3n) is 3.37. The zero-order valence-electron chi connectivity index (χ0n) is 11.7. The van der Waals surface area contributed by atoms with E-state index in [2.05, 4.69) is 0 Å². The molecular weight excluding hydrogens is 318 g/mol. The molecule has 0 aliphatic carbocycles. The molecule has 0 bridgehead atoms. The van der Waals surface area contributed by atoms with Crippen molar-refractivity contribution >= 4 is 33.1 Å². The molecule has 1 atom stereocenters. The largest absolute Gasteiger partial charge is 0.478 e. The Balaban J connectivity index is 1.57. The summed E-state index contributed by atoms with van der Waals surface area (Å²) in [7, 11) is 0. The van der Waals surface area contributed by atoms with E-state index in [1.807, 2.05) is 30.3 Å². The second-order valence-electron chi connectivity index (χ2n) is 4.91. The van der Waals surface area contributed by atoms with Crippen molar-refractivity contribution < 1.29 is 24.6 Å². The van der Waals surface area contributed by atoms with Crippen LogP contribution in [0.25, 0.3) is 10.1 Å². The molecule has 1 aliphatic rings. The minimum absolute atomic E-state index is 0.139. The average Bonchev–Trinajstić information content (AvgIpc) is 3.21. The minimum Gasteiger partial charge on any atom is -0.478 e. The number of thiophene rings is 1. The molecule has 6 nitrogen and oxygen atoms in total. The number of anilines is 1. The number of carbonyl (C=O) groups is 1. The van der Waals surface area contributed by atoms with Crippen LogP contribution in [0.1, 0.15) is 21.5 Å². The molecule has 0 radical (unpaired) electrons. The van der Waals surface area contributed by atoms with E-state index in [0.29, 0.717) is 5.69 Å². The van der Waals surface area contributed by atoms with E-state index in [4.69, 9.17) is 19.8 Å². The van der Waals surface area contributed by atoms with E-state index in [-0.39, 0.29) is 5.56 Å². The van der Waals surface area contributed by atoms with Gasteiger partial charge >= 0.3 is 5.97 Å². The molecule has 1 aromatic heterocycles. The van der Waals surface area contributed by atoms with Gasteiger partial charge in [0.2, 0.25) is 0 Å². The normalized spacial score (nSPS) is 17.7. The smallest absolute Gasteiger partial charge is 0.335 e. The van der Waals surface area contributed by atoms with E-state index >= 15 is 0 Å². The first-order valence-electron chi connectivity index (χ1n) is 6.83. The van der Waals surface area contributed by atoms with Crippen molar-refractivity contribution in [1.29, 1.82) is 0 Å². The van der Waals surface area contributed by atoms with Crippen molar-refractivity contribution in [1.82, 2.24) is 0 Å². The quantitative estimate of drug-likeness (QED) is 0.735. The molecule has 1 N–H and O–H groups in total. The van der Waals surface area contributed by atoms with E-state index < -0.39 is 12.3 Å². The monoisotopic (exact) mass is 329 g/mol. The number of benzene rings is 2. The van der Waals surface area contributed by atoms with Gasteiger partial charge in [-0.15, -0.1) is 11.3 Å². The number of hydrogen-bond donors (Lipinski definition) is 1. The number of fused-ring (bicyclic) bond motifs is 1. The third kappa shape index (κ3) is 2.66. The SMILES string of the molecule is O=C(O)c1cccc(N2OOC(c3cc4ccccc4s3)O2)c1. The Morgan fingerprint density at radius 1 is 1.13 bits per heavy atom. The highest BCUT2D eigenvalue weighted by Crippen LogP contribution is 2.37. The fourth-order valence-corrected chi connectivity index (χ4v) is 3.28. The topological polar surface area (TPSA) is 68.2 Å². The number of rotatable bonds is 3. The van der Waals surface area contributed by atoms with Crippen LogP contribution in [0.15, 0.2) is 54.6 Å². The summed E-state index contributed by atoms with van der Waals surface area (Å²) in [5, 5.41) is 11.2. The molecule has 23 heavy (non-hydrogen) atoms. The van der Waals surface area contributed by atoms with Crippen molar-refractivity contribution in [2.75, 3.05) is 5.23 Å². The van der Waals surface area contributed by atoms with Crippen LogP contribution < -0.4 is 5.23 Å². The van der Waals surface area contributed by atoms with Crippen LogP contribution >= 0.6 is 11.3 Å². The summed E-state index contributed by atoms with van der Waals surface area (Å²) in [6.07, 6.45) is -0.694. The summed E-state index contributed by atoms with van der Waals surface area (Å²) in [5.41, 5.74) is 0.577. The fourth-order valence-electron chi connectivity index (χ4n) is 2.27. The van der Waals surface area contributed by atoms with Gasteiger partial charge in [-0.1, -0.05) is 34.5 Å². The van der Waals surface area contributed by atoms with Crippen molar-refractivity contribution in [3.05, 3.63) is 65.0 Å². The predicted molar refractivity (Wildman–Crippen MR) is 83.7 cm³/mol. The lowest BCUT2D eigenvalue weighted by Crippen LogP contribution is -2.15. The van der Waals surface area contributed by atoms with Crippen LogP contribution in [0.3, 0.4) is 0 Å². The Labute approximate surface area is 134 Å².